The van der Waals surface area contributed by atoms with Gasteiger partial charge in [-0.3, -0.25) is 0 Å². The van der Waals surface area contributed by atoms with E-state index in [1.165, 1.54) is 64.5 Å². The van der Waals surface area contributed by atoms with Gasteiger partial charge in [-0.15, -0.1) is 0 Å². The number of hydrogen-bond acceptors (Lipinski definition) is 3. The van der Waals surface area contributed by atoms with Crippen LogP contribution in [0.3, 0.4) is 0 Å². The summed E-state index contributed by atoms with van der Waals surface area (Å²) in [5, 5.41) is 0. The van der Waals surface area contributed by atoms with E-state index in [4.69, 9.17) is 9.47 Å². The van der Waals surface area contributed by atoms with E-state index < -0.39 is 0 Å². The maximum atomic E-state index is 6.44. The van der Waals surface area contributed by atoms with Crippen molar-refractivity contribution in [3.63, 3.8) is 0 Å². The van der Waals surface area contributed by atoms with Crippen LogP contribution in [0.15, 0.2) is 0 Å². The van der Waals surface area contributed by atoms with E-state index in [0.717, 1.165) is 31.4 Å². The predicted molar refractivity (Wildman–Crippen MR) is 78.5 cm³/mol. The van der Waals surface area contributed by atoms with Crippen LogP contribution in [0.2, 0.25) is 0 Å². The third kappa shape index (κ3) is 2.65. The molecule has 3 nitrogen and oxygen atoms in total. The Balaban J connectivity index is 1.34. The lowest BCUT2D eigenvalue weighted by Crippen LogP contribution is -2.42. The highest BCUT2D eigenvalue weighted by Crippen LogP contribution is 2.48. The van der Waals surface area contributed by atoms with Crippen molar-refractivity contribution in [3.05, 3.63) is 0 Å². The van der Waals surface area contributed by atoms with Crippen LogP contribution >= 0.6 is 0 Å². The molecule has 2 saturated heterocycles. The molecule has 0 aromatic heterocycles. The third-order valence-electron chi connectivity index (χ3n) is 6.11. The fourth-order valence-corrected chi connectivity index (χ4v) is 5.04. The van der Waals surface area contributed by atoms with Gasteiger partial charge in [-0.25, -0.2) is 0 Å². The largest absolute Gasteiger partial charge is 0.347 e. The molecule has 20 heavy (non-hydrogen) atoms. The van der Waals surface area contributed by atoms with Gasteiger partial charge in [-0.2, -0.15) is 0 Å². The highest BCUT2D eigenvalue weighted by atomic mass is 16.7. The molecule has 2 aliphatic heterocycles. The van der Waals surface area contributed by atoms with Gasteiger partial charge in [0.2, 0.25) is 0 Å². The SMILES string of the molecule is C1CCC2CC3(CCC2C1)OCC(CN1CCCC1)O3. The van der Waals surface area contributed by atoms with E-state index in [2.05, 4.69) is 4.90 Å². The Morgan fingerprint density at radius 2 is 1.75 bits per heavy atom. The first-order valence-electron chi connectivity index (χ1n) is 8.87. The first kappa shape index (κ1) is 13.5. The van der Waals surface area contributed by atoms with Crippen LogP contribution in [-0.2, 0) is 9.47 Å². The summed E-state index contributed by atoms with van der Waals surface area (Å²) in [4.78, 5) is 2.55. The first-order chi connectivity index (χ1) is 9.83. The first-order valence-corrected chi connectivity index (χ1v) is 8.87. The fraction of sp³-hybridized carbons (Fsp3) is 1.00. The van der Waals surface area contributed by atoms with Gasteiger partial charge >= 0.3 is 0 Å². The zero-order chi connectivity index (χ0) is 13.4. The lowest BCUT2D eigenvalue weighted by atomic mass is 9.69. The minimum atomic E-state index is -0.192. The molecule has 4 atom stereocenters. The molecular weight excluding hydrogens is 250 g/mol. The maximum Gasteiger partial charge on any atom is 0.169 e. The summed E-state index contributed by atoms with van der Waals surface area (Å²) in [7, 11) is 0. The average molecular weight is 279 g/mol. The van der Waals surface area contributed by atoms with E-state index >= 15 is 0 Å². The van der Waals surface area contributed by atoms with Gasteiger partial charge in [-0.05, 0) is 50.6 Å². The van der Waals surface area contributed by atoms with Crippen LogP contribution in [0.5, 0.6) is 0 Å². The Bertz CT molecular complexity index is 342. The lowest BCUT2D eigenvalue weighted by molar-refractivity contribution is -0.207. The van der Waals surface area contributed by atoms with E-state index in [-0.39, 0.29) is 5.79 Å². The van der Waals surface area contributed by atoms with Crippen molar-refractivity contribution in [2.24, 2.45) is 11.8 Å². The van der Waals surface area contributed by atoms with Crippen molar-refractivity contribution < 1.29 is 9.47 Å². The second-order valence-corrected chi connectivity index (χ2v) is 7.52. The summed E-state index contributed by atoms with van der Waals surface area (Å²) in [5.41, 5.74) is 0. The summed E-state index contributed by atoms with van der Waals surface area (Å²) in [6.45, 7) is 4.44. The minimum absolute atomic E-state index is 0.192. The fourth-order valence-electron chi connectivity index (χ4n) is 5.04. The Morgan fingerprint density at radius 1 is 0.950 bits per heavy atom. The van der Waals surface area contributed by atoms with Gasteiger partial charge in [0.05, 0.1) is 12.7 Å². The van der Waals surface area contributed by atoms with Crippen LogP contribution in [0.25, 0.3) is 0 Å². The highest BCUT2D eigenvalue weighted by molar-refractivity contribution is 4.92. The number of nitrogens with zero attached hydrogens (tertiary/aromatic N) is 1. The number of fused-ring (bicyclic) bond motifs is 1. The molecule has 114 valence electrons. The number of rotatable bonds is 2. The second-order valence-electron chi connectivity index (χ2n) is 7.52. The molecule has 2 saturated carbocycles. The number of hydrogen-bond donors (Lipinski definition) is 0. The van der Waals surface area contributed by atoms with E-state index in [0.29, 0.717) is 6.10 Å². The molecule has 1 spiro atoms. The summed E-state index contributed by atoms with van der Waals surface area (Å²) in [5.74, 6) is 1.66. The smallest absolute Gasteiger partial charge is 0.169 e. The van der Waals surface area contributed by atoms with Crippen LogP contribution < -0.4 is 0 Å². The van der Waals surface area contributed by atoms with Crippen molar-refractivity contribution in [2.75, 3.05) is 26.2 Å². The maximum absolute atomic E-state index is 6.44. The molecular formula is C17H29NO2. The van der Waals surface area contributed by atoms with Crippen LogP contribution in [0.1, 0.15) is 57.8 Å². The highest BCUT2D eigenvalue weighted by Gasteiger charge is 2.48. The molecule has 3 heteroatoms. The van der Waals surface area contributed by atoms with Crippen molar-refractivity contribution in [3.8, 4) is 0 Å². The van der Waals surface area contributed by atoms with Crippen molar-refractivity contribution in [1.82, 2.24) is 4.90 Å². The van der Waals surface area contributed by atoms with Crippen molar-refractivity contribution in [2.45, 2.75) is 69.7 Å². The molecule has 4 fully saturated rings. The Hall–Kier alpha value is -0.120. The summed E-state index contributed by atoms with van der Waals surface area (Å²) < 4.78 is 12.6. The van der Waals surface area contributed by atoms with Gasteiger partial charge in [0.15, 0.2) is 5.79 Å². The molecule has 0 aromatic rings. The van der Waals surface area contributed by atoms with Crippen LogP contribution in [0, 0.1) is 11.8 Å². The van der Waals surface area contributed by atoms with Crippen LogP contribution in [0.4, 0.5) is 0 Å². The number of likely N-dealkylation sites (tertiary alicyclic amines) is 1. The van der Waals surface area contributed by atoms with Gasteiger partial charge in [0.25, 0.3) is 0 Å². The zero-order valence-electron chi connectivity index (χ0n) is 12.7. The Morgan fingerprint density at radius 3 is 2.60 bits per heavy atom. The standard InChI is InChI=1S/C17H29NO2/c1-2-6-15-11-17(8-7-14(15)5-1)19-13-16(20-17)12-18-9-3-4-10-18/h14-16H,1-13H2. The van der Waals surface area contributed by atoms with E-state index in [9.17, 15) is 0 Å². The third-order valence-corrected chi connectivity index (χ3v) is 6.11. The topological polar surface area (TPSA) is 21.7 Å². The molecule has 2 heterocycles. The van der Waals surface area contributed by atoms with E-state index in [1.807, 2.05) is 0 Å². The molecule has 0 aromatic carbocycles. The lowest BCUT2D eigenvalue weighted by Gasteiger charge is -2.43. The molecule has 2 aliphatic carbocycles. The summed E-state index contributed by atoms with van der Waals surface area (Å²) in [6.07, 6.45) is 12.5. The van der Waals surface area contributed by atoms with Gasteiger partial charge in [0, 0.05) is 19.4 Å². The molecule has 0 amide bonds. The van der Waals surface area contributed by atoms with E-state index in [1.54, 1.807) is 0 Å². The van der Waals surface area contributed by atoms with Gasteiger partial charge in [-0.1, -0.05) is 19.3 Å². The Labute approximate surface area is 123 Å². The van der Waals surface area contributed by atoms with Gasteiger partial charge < -0.3 is 14.4 Å². The van der Waals surface area contributed by atoms with Gasteiger partial charge in [0.1, 0.15) is 0 Å². The second kappa shape index (κ2) is 5.58. The predicted octanol–water partition coefficient (Wildman–Crippen LogP) is 3.18. The molecule has 4 aliphatic rings. The molecule has 0 N–H and O–H groups in total. The molecule has 4 unspecified atom stereocenters. The molecule has 0 bridgehead atoms. The minimum Gasteiger partial charge on any atom is -0.347 e. The number of ether oxygens (including phenoxy) is 2. The zero-order valence-corrected chi connectivity index (χ0v) is 12.7. The summed E-state index contributed by atoms with van der Waals surface area (Å²) >= 11 is 0. The van der Waals surface area contributed by atoms with Crippen molar-refractivity contribution >= 4 is 0 Å². The normalized spacial score (nSPS) is 45.9. The van der Waals surface area contributed by atoms with Crippen molar-refractivity contribution in [1.29, 1.82) is 0 Å². The molecule has 0 radical (unpaired) electrons. The average Bonchev–Trinajstić information content (AvgIpc) is 3.10. The quantitative estimate of drug-likeness (QED) is 0.775. The Kier molecular flexibility index (Phi) is 3.78. The monoisotopic (exact) mass is 279 g/mol. The summed E-state index contributed by atoms with van der Waals surface area (Å²) in [6, 6.07) is 0. The molecule has 4 rings (SSSR count). The van der Waals surface area contributed by atoms with Crippen LogP contribution in [-0.4, -0.2) is 43.0 Å².